The molecule has 5 heteroatoms. The lowest BCUT2D eigenvalue weighted by molar-refractivity contribution is -0.213. The standard InChI is InChI=1S/C22H24N2O3/c1-26-22-11-14-13-6-9-27-17-10-18(25)24-16-5-3-2-4-15(16)21(22,20(24)19(14)17)7-8-23(22)12-13/h2-6,14,17,19-20H,7-12H2,1H3/t14-,17-,19+,20-,21+,22+/m0/s1. The molecule has 0 radical (unpaired) electrons. The molecule has 1 aromatic rings. The zero-order valence-electron chi connectivity index (χ0n) is 15.6. The molecular weight excluding hydrogens is 340 g/mol. The molecule has 1 spiro atoms. The van der Waals surface area contributed by atoms with E-state index in [4.69, 9.17) is 9.47 Å². The van der Waals surface area contributed by atoms with Crippen LogP contribution >= 0.6 is 0 Å². The normalized spacial score (nSPS) is 46.2. The van der Waals surface area contributed by atoms with Crippen LogP contribution in [-0.2, 0) is 19.7 Å². The summed E-state index contributed by atoms with van der Waals surface area (Å²) in [6.07, 6.45) is 4.91. The monoisotopic (exact) mass is 364 g/mol. The SMILES string of the molecule is CO[C@]12C[C@H]3C4=CCO[C@H]5CC(=O)N6c7ccccc7[C@]1(CCN2C4)[C@@H]6[C@@H]53. The number of hydrogen-bond acceptors (Lipinski definition) is 4. The smallest absolute Gasteiger partial charge is 0.229 e. The number of fused-ring (bicyclic) bond motifs is 2. The summed E-state index contributed by atoms with van der Waals surface area (Å²) in [7, 11) is 1.88. The van der Waals surface area contributed by atoms with E-state index in [2.05, 4.69) is 40.1 Å². The van der Waals surface area contributed by atoms with Crippen LogP contribution in [0, 0.1) is 11.8 Å². The zero-order valence-corrected chi connectivity index (χ0v) is 15.6. The Morgan fingerprint density at radius 1 is 1.30 bits per heavy atom. The van der Waals surface area contributed by atoms with Crippen LogP contribution in [0.2, 0.25) is 0 Å². The fourth-order valence-electron chi connectivity index (χ4n) is 7.89. The van der Waals surface area contributed by atoms with Crippen molar-refractivity contribution in [2.24, 2.45) is 11.8 Å². The second kappa shape index (κ2) is 4.65. The predicted molar refractivity (Wildman–Crippen MR) is 99.4 cm³/mol. The number of carbonyl (C=O) groups excluding carboxylic acids is 1. The molecule has 0 unspecified atom stereocenters. The van der Waals surface area contributed by atoms with E-state index in [0.717, 1.165) is 31.6 Å². The summed E-state index contributed by atoms with van der Waals surface area (Å²) in [4.78, 5) is 18.0. The molecule has 3 saturated heterocycles. The quantitative estimate of drug-likeness (QED) is 0.716. The van der Waals surface area contributed by atoms with Crippen molar-refractivity contribution >= 4 is 11.6 Å². The Morgan fingerprint density at radius 2 is 2.19 bits per heavy atom. The predicted octanol–water partition coefficient (Wildman–Crippen LogP) is 2.07. The highest BCUT2D eigenvalue weighted by molar-refractivity contribution is 5.99. The largest absolute Gasteiger partial charge is 0.373 e. The minimum Gasteiger partial charge on any atom is -0.373 e. The van der Waals surface area contributed by atoms with E-state index in [-0.39, 0.29) is 29.2 Å². The van der Waals surface area contributed by atoms with E-state index < -0.39 is 0 Å². The molecule has 0 N–H and O–H groups in total. The molecule has 7 rings (SSSR count). The molecule has 1 saturated carbocycles. The van der Waals surface area contributed by atoms with Crippen LogP contribution in [0.5, 0.6) is 0 Å². The zero-order chi connectivity index (χ0) is 18.0. The fraction of sp³-hybridized carbons (Fsp3) is 0.591. The third-order valence-corrected chi connectivity index (χ3v) is 8.65. The molecule has 27 heavy (non-hydrogen) atoms. The van der Waals surface area contributed by atoms with Crippen molar-refractivity contribution in [1.29, 1.82) is 0 Å². The molecule has 2 bridgehead atoms. The summed E-state index contributed by atoms with van der Waals surface area (Å²) in [5.74, 6) is 1.04. The number of methoxy groups -OCH3 is 1. The third-order valence-electron chi connectivity index (χ3n) is 8.65. The number of hydrogen-bond donors (Lipinski definition) is 0. The van der Waals surface area contributed by atoms with Crippen molar-refractivity contribution in [2.45, 2.75) is 42.5 Å². The molecule has 0 aromatic heterocycles. The lowest BCUT2D eigenvalue weighted by Gasteiger charge is -2.63. The van der Waals surface area contributed by atoms with E-state index in [1.165, 1.54) is 11.1 Å². The first-order valence-electron chi connectivity index (χ1n) is 10.2. The van der Waals surface area contributed by atoms with E-state index in [1.54, 1.807) is 0 Å². The number of ether oxygens (including phenoxy) is 2. The molecule has 1 aliphatic carbocycles. The molecular formula is C22H24N2O3. The van der Waals surface area contributed by atoms with Crippen molar-refractivity contribution in [2.75, 3.05) is 31.7 Å². The van der Waals surface area contributed by atoms with Crippen molar-refractivity contribution in [3.8, 4) is 0 Å². The van der Waals surface area contributed by atoms with Crippen molar-refractivity contribution in [1.82, 2.24) is 4.90 Å². The lowest BCUT2D eigenvalue weighted by atomic mass is 9.51. The highest BCUT2D eigenvalue weighted by atomic mass is 16.5. The number of para-hydroxylation sites is 1. The molecule has 5 nitrogen and oxygen atoms in total. The van der Waals surface area contributed by atoms with Gasteiger partial charge in [0.15, 0.2) is 0 Å². The molecule has 4 fully saturated rings. The van der Waals surface area contributed by atoms with Crippen LogP contribution in [0.4, 0.5) is 5.69 Å². The number of carbonyl (C=O) groups is 1. The van der Waals surface area contributed by atoms with Crippen molar-refractivity contribution in [3.63, 3.8) is 0 Å². The Morgan fingerprint density at radius 3 is 3.07 bits per heavy atom. The number of benzene rings is 1. The first-order valence-corrected chi connectivity index (χ1v) is 10.2. The van der Waals surface area contributed by atoms with Gasteiger partial charge in [-0.25, -0.2) is 0 Å². The van der Waals surface area contributed by atoms with Gasteiger partial charge in [-0.05, 0) is 30.4 Å². The minimum absolute atomic E-state index is 0.0330. The van der Waals surface area contributed by atoms with Gasteiger partial charge in [0, 0.05) is 31.8 Å². The van der Waals surface area contributed by atoms with Gasteiger partial charge in [0.05, 0.1) is 30.6 Å². The maximum Gasteiger partial charge on any atom is 0.229 e. The number of amides is 1. The summed E-state index contributed by atoms with van der Waals surface area (Å²) in [5.41, 5.74) is 3.49. The van der Waals surface area contributed by atoms with Crippen LogP contribution in [-0.4, -0.2) is 55.5 Å². The Bertz CT molecular complexity index is 913. The van der Waals surface area contributed by atoms with Gasteiger partial charge in [0.1, 0.15) is 5.72 Å². The van der Waals surface area contributed by atoms with Gasteiger partial charge in [0.25, 0.3) is 0 Å². The van der Waals surface area contributed by atoms with E-state index >= 15 is 0 Å². The summed E-state index contributed by atoms with van der Waals surface area (Å²) in [5, 5.41) is 0. The van der Waals surface area contributed by atoms with Crippen LogP contribution < -0.4 is 4.90 Å². The summed E-state index contributed by atoms with van der Waals surface area (Å²) in [6, 6.07) is 8.74. The molecule has 6 aliphatic rings. The molecule has 6 atom stereocenters. The average Bonchev–Trinajstić information content (AvgIpc) is 3.13. The van der Waals surface area contributed by atoms with Crippen LogP contribution in [0.1, 0.15) is 24.8 Å². The molecule has 5 heterocycles. The Balaban J connectivity index is 1.58. The van der Waals surface area contributed by atoms with Crippen molar-refractivity contribution in [3.05, 3.63) is 41.5 Å². The first-order chi connectivity index (χ1) is 13.2. The van der Waals surface area contributed by atoms with Gasteiger partial charge in [0.2, 0.25) is 5.91 Å². The Hall–Kier alpha value is -1.69. The molecule has 5 aliphatic heterocycles. The van der Waals surface area contributed by atoms with Crippen LogP contribution in [0.25, 0.3) is 0 Å². The van der Waals surface area contributed by atoms with Crippen LogP contribution in [0.15, 0.2) is 35.9 Å². The molecule has 1 amide bonds. The highest BCUT2D eigenvalue weighted by Crippen LogP contribution is 2.69. The second-order valence-electron chi connectivity index (χ2n) is 9.10. The Kier molecular flexibility index (Phi) is 2.63. The summed E-state index contributed by atoms with van der Waals surface area (Å²) in [6.45, 7) is 2.65. The number of rotatable bonds is 1. The van der Waals surface area contributed by atoms with Crippen LogP contribution in [0.3, 0.4) is 0 Å². The third kappa shape index (κ3) is 1.42. The van der Waals surface area contributed by atoms with Gasteiger partial charge >= 0.3 is 0 Å². The van der Waals surface area contributed by atoms with E-state index in [1.807, 2.05) is 7.11 Å². The van der Waals surface area contributed by atoms with E-state index in [0.29, 0.717) is 24.9 Å². The maximum atomic E-state index is 13.3. The molecule has 1 aromatic carbocycles. The maximum absolute atomic E-state index is 13.3. The number of nitrogens with zero attached hydrogens (tertiary/aromatic N) is 2. The summed E-state index contributed by atoms with van der Waals surface area (Å²) >= 11 is 0. The van der Waals surface area contributed by atoms with Gasteiger partial charge in [-0.3, -0.25) is 9.69 Å². The van der Waals surface area contributed by atoms with Gasteiger partial charge < -0.3 is 14.4 Å². The topological polar surface area (TPSA) is 42.0 Å². The van der Waals surface area contributed by atoms with E-state index in [9.17, 15) is 4.79 Å². The minimum atomic E-state index is -0.312. The number of anilines is 1. The highest BCUT2D eigenvalue weighted by Gasteiger charge is 2.77. The lowest BCUT2D eigenvalue weighted by Crippen LogP contribution is -2.75. The first kappa shape index (κ1) is 15.3. The van der Waals surface area contributed by atoms with Gasteiger partial charge in [-0.2, -0.15) is 0 Å². The van der Waals surface area contributed by atoms with Gasteiger partial charge in [-0.15, -0.1) is 0 Å². The Labute approximate surface area is 158 Å². The average molecular weight is 364 g/mol. The van der Waals surface area contributed by atoms with Crippen molar-refractivity contribution < 1.29 is 14.3 Å². The second-order valence-corrected chi connectivity index (χ2v) is 9.10. The molecule has 140 valence electrons. The summed E-state index contributed by atoms with van der Waals surface area (Å²) < 4.78 is 12.7. The fourth-order valence-corrected chi connectivity index (χ4v) is 7.89. The number of piperidine rings is 2. The van der Waals surface area contributed by atoms with Gasteiger partial charge in [-0.1, -0.05) is 29.8 Å².